The molecular weight excluding hydrogens is 196 g/mol. The summed E-state index contributed by atoms with van der Waals surface area (Å²) < 4.78 is 0. The molecule has 0 aromatic heterocycles. The minimum atomic E-state index is 0.410. The Labute approximate surface area is 94.4 Å². The standard InChI is InChI=1S/C14H10N2/c15-9-7-11-5-6-12(8-10-16)14-4-2-1-3-13(11)14/h1-6H,7-8H2. The van der Waals surface area contributed by atoms with E-state index in [-0.39, 0.29) is 0 Å². The maximum atomic E-state index is 8.75. The van der Waals surface area contributed by atoms with Crippen molar-refractivity contribution in [3.8, 4) is 12.1 Å². The lowest BCUT2D eigenvalue weighted by atomic mass is 9.97. The van der Waals surface area contributed by atoms with Crippen LogP contribution in [0, 0.1) is 22.7 Å². The second kappa shape index (κ2) is 4.47. The van der Waals surface area contributed by atoms with Gasteiger partial charge in [0.1, 0.15) is 0 Å². The van der Waals surface area contributed by atoms with Crippen molar-refractivity contribution in [1.29, 1.82) is 10.5 Å². The molecule has 0 saturated heterocycles. The van der Waals surface area contributed by atoms with Crippen LogP contribution in [-0.4, -0.2) is 0 Å². The summed E-state index contributed by atoms with van der Waals surface area (Å²) >= 11 is 0. The van der Waals surface area contributed by atoms with Crippen LogP contribution in [0.2, 0.25) is 0 Å². The average Bonchev–Trinajstić information content (AvgIpc) is 2.33. The maximum absolute atomic E-state index is 8.75. The smallest absolute Gasteiger partial charge is 0.0669 e. The highest BCUT2D eigenvalue weighted by atomic mass is 14.2. The summed E-state index contributed by atoms with van der Waals surface area (Å²) in [5.74, 6) is 0. The SMILES string of the molecule is N#CCc1ccc(CC#N)c2ccccc12. The van der Waals surface area contributed by atoms with Crippen molar-refractivity contribution in [3.05, 3.63) is 47.5 Å². The summed E-state index contributed by atoms with van der Waals surface area (Å²) in [5, 5.41) is 19.7. The zero-order valence-electron chi connectivity index (χ0n) is 8.77. The molecule has 0 radical (unpaired) electrons. The Hall–Kier alpha value is -2.32. The molecule has 2 rings (SSSR count). The van der Waals surface area contributed by atoms with Gasteiger partial charge < -0.3 is 0 Å². The van der Waals surface area contributed by atoms with Crippen molar-refractivity contribution in [3.63, 3.8) is 0 Å². The number of nitriles is 2. The van der Waals surface area contributed by atoms with E-state index in [1.165, 1.54) is 0 Å². The van der Waals surface area contributed by atoms with Gasteiger partial charge in [0.05, 0.1) is 25.0 Å². The van der Waals surface area contributed by atoms with E-state index in [2.05, 4.69) is 12.1 Å². The third-order valence-corrected chi connectivity index (χ3v) is 2.64. The third-order valence-electron chi connectivity index (χ3n) is 2.64. The summed E-state index contributed by atoms with van der Waals surface area (Å²) in [6.45, 7) is 0. The Morgan fingerprint density at radius 3 is 1.56 bits per heavy atom. The van der Waals surface area contributed by atoms with E-state index in [4.69, 9.17) is 10.5 Å². The van der Waals surface area contributed by atoms with Crippen LogP contribution >= 0.6 is 0 Å². The lowest BCUT2D eigenvalue weighted by molar-refractivity contribution is 1.25. The molecule has 0 bridgehead atoms. The maximum Gasteiger partial charge on any atom is 0.0669 e. The number of fused-ring (bicyclic) bond motifs is 1. The second-order valence-electron chi connectivity index (χ2n) is 3.60. The molecule has 0 N–H and O–H groups in total. The molecular formula is C14H10N2. The van der Waals surface area contributed by atoms with E-state index >= 15 is 0 Å². The van der Waals surface area contributed by atoms with E-state index < -0.39 is 0 Å². The Bertz CT molecular complexity index is 546. The van der Waals surface area contributed by atoms with Crippen LogP contribution in [-0.2, 0) is 12.8 Å². The van der Waals surface area contributed by atoms with Crippen LogP contribution in [0.4, 0.5) is 0 Å². The molecule has 2 heteroatoms. The van der Waals surface area contributed by atoms with Gasteiger partial charge >= 0.3 is 0 Å². The first kappa shape index (κ1) is 10.2. The van der Waals surface area contributed by atoms with Crippen molar-refractivity contribution in [2.45, 2.75) is 12.8 Å². The van der Waals surface area contributed by atoms with E-state index in [1.54, 1.807) is 0 Å². The van der Waals surface area contributed by atoms with Gasteiger partial charge in [0.15, 0.2) is 0 Å². The average molecular weight is 206 g/mol. The van der Waals surface area contributed by atoms with E-state index in [9.17, 15) is 0 Å². The predicted octanol–water partition coefficient (Wildman–Crippen LogP) is 2.97. The van der Waals surface area contributed by atoms with Gasteiger partial charge in [-0.2, -0.15) is 10.5 Å². The lowest BCUT2D eigenvalue weighted by Crippen LogP contribution is -1.90. The molecule has 76 valence electrons. The fourth-order valence-electron chi connectivity index (χ4n) is 1.90. The topological polar surface area (TPSA) is 47.6 Å². The molecule has 0 saturated carbocycles. The minimum Gasteiger partial charge on any atom is -0.198 e. The molecule has 2 aromatic rings. The molecule has 0 aliphatic heterocycles. The predicted molar refractivity (Wildman–Crippen MR) is 62.6 cm³/mol. The molecule has 2 aromatic carbocycles. The molecule has 0 heterocycles. The molecule has 0 aliphatic rings. The van der Waals surface area contributed by atoms with Gasteiger partial charge in [-0.1, -0.05) is 36.4 Å². The lowest BCUT2D eigenvalue weighted by Gasteiger charge is -2.06. The zero-order chi connectivity index (χ0) is 11.4. The highest BCUT2D eigenvalue weighted by Gasteiger charge is 2.04. The summed E-state index contributed by atoms with van der Waals surface area (Å²) in [7, 11) is 0. The van der Waals surface area contributed by atoms with Crippen molar-refractivity contribution in [2.75, 3.05) is 0 Å². The summed E-state index contributed by atoms with van der Waals surface area (Å²) in [6.07, 6.45) is 0.820. The largest absolute Gasteiger partial charge is 0.198 e. The van der Waals surface area contributed by atoms with Crippen molar-refractivity contribution in [1.82, 2.24) is 0 Å². The minimum absolute atomic E-state index is 0.410. The van der Waals surface area contributed by atoms with Crippen LogP contribution in [0.1, 0.15) is 11.1 Å². The number of rotatable bonds is 2. The van der Waals surface area contributed by atoms with Crippen LogP contribution in [0.15, 0.2) is 36.4 Å². The first-order valence-corrected chi connectivity index (χ1v) is 5.10. The highest BCUT2D eigenvalue weighted by Crippen LogP contribution is 2.23. The van der Waals surface area contributed by atoms with Crippen LogP contribution in [0.3, 0.4) is 0 Å². The quantitative estimate of drug-likeness (QED) is 0.758. The number of nitrogens with zero attached hydrogens (tertiary/aromatic N) is 2. The third kappa shape index (κ3) is 1.74. The van der Waals surface area contributed by atoms with Crippen molar-refractivity contribution in [2.24, 2.45) is 0 Å². The number of benzene rings is 2. The molecule has 0 fully saturated rings. The summed E-state index contributed by atoms with van der Waals surface area (Å²) in [5.41, 5.74) is 2.06. The number of hydrogen-bond donors (Lipinski definition) is 0. The van der Waals surface area contributed by atoms with Crippen LogP contribution in [0.25, 0.3) is 10.8 Å². The molecule has 0 atom stereocenters. The monoisotopic (exact) mass is 206 g/mol. The highest BCUT2D eigenvalue weighted by molar-refractivity contribution is 5.89. The van der Waals surface area contributed by atoms with E-state index in [0.717, 1.165) is 21.9 Å². The Balaban J connectivity index is 2.69. The van der Waals surface area contributed by atoms with Crippen LogP contribution < -0.4 is 0 Å². The molecule has 0 spiro atoms. The van der Waals surface area contributed by atoms with E-state index in [0.29, 0.717) is 12.8 Å². The number of hydrogen-bond acceptors (Lipinski definition) is 2. The molecule has 0 aliphatic carbocycles. The van der Waals surface area contributed by atoms with Gasteiger partial charge in [0.25, 0.3) is 0 Å². The summed E-state index contributed by atoms with van der Waals surface area (Å²) in [6, 6.07) is 16.1. The first-order chi connectivity index (χ1) is 7.86. The molecule has 2 nitrogen and oxygen atoms in total. The zero-order valence-corrected chi connectivity index (χ0v) is 8.77. The van der Waals surface area contributed by atoms with Gasteiger partial charge in [-0.15, -0.1) is 0 Å². The van der Waals surface area contributed by atoms with Crippen molar-refractivity contribution >= 4 is 10.8 Å². The Morgan fingerprint density at radius 1 is 0.750 bits per heavy atom. The molecule has 16 heavy (non-hydrogen) atoms. The van der Waals surface area contributed by atoms with E-state index in [1.807, 2.05) is 36.4 Å². The van der Waals surface area contributed by atoms with Gasteiger partial charge in [0, 0.05) is 0 Å². The fraction of sp³-hybridized carbons (Fsp3) is 0.143. The van der Waals surface area contributed by atoms with Gasteiger partial charge in [0.2, 0.25) is 0 Å². The van der Waals surface area contributed by atoms with Gasteiger partial charge in [-0.25, -0.2) is 0 Å². The fourth-order valence-corrected chi connectivity index (χ4v) is 1.90. The van der Waals surface area contributed by atoms with Crippen LogP contribution in [0.5, 0.6) is 0 Å². The van der Waals surface area contributed by atoms with Gasteiger partial charge in [-0.3, -0.25) is 0 Å². The summed E-state index contributed by atoms with van der Waals surface area (Å²) in [4.78, 5) is 0. The van der Waals surface area contributed by atoms with Gasteiger partial charge in [-0.05, 0) is 21.9 Å². The second-order valence-corrected chi connectivity index (χ2v) is 3.60. The Kier molecular flexibility index (Phi) is 2.85. The molecule has 0 unspecified atom stereocenters. The molecule has 0 amide bonds. The van der Waals surface area contributed by atoms with Crippen molar-refractivity contribution < 1.29 is 0 Å². The normalized spacial score (nSPS) is 9.62. The Morgan fingerprint density at radius 2 is 1.19 bits per heavy atom. The first-order valence-electron chi connectivity index (χ1n) is 5.10.